The van der Waals surface area contributed by atoms with Gasteiger partial charge in [0, 0.05) is 13.1 Å². The average Bonchev–Trinajstić information content (AvgIpc) is 3.30. The van der Waals surface area contributed by atoms with Crippen molar-refractivity contribution in [2.24, 2.45) is 5.92 Å². The molecule has 0 spiro atoms. The van der Waals surface area contributed by atoms with Crippen molar-refractivity contribution in [3.63, 3.8) is 0 Å². The summed E-state index contributed by atoms with van der Waals surface area (Å²) >= 11 is 1.50. The fraction of sp³-hybridized carbons (Fsp3) is 0.478. The number of likely N-dealkylation sites (tertiary alicyclic amines) is 1. The summed E-state index contributed by atoms with van der Waals surface area (Å²) in [5, 5.41) is 1.94. The Bertz CT molecular complexity index is 793. The fourth-order valence-corrected chi connectivity index (χ4v) is 5.11. The monoisotopic (exact) mass is 412 g/mol. The third-order valence-electron chi connectivity index (χ3n) is 6.23. The number of quaternary nitrogens is 1. The first-order chi connectivity index (χ1) is 14.2. The van der Waals surface area contributed by atoms with Gasteiger partial charge in [-0.25, -0.2) is 0 Å². The minimum Gasteiger partial charge on any atom is -0.338 e. The topological polar surface area (TPSA) is 45.1 Å². The van der Waals surface area contributed by atoms with Crippen LogP contribution in [0.15, 0.2) is 47.8 Å². The second-order valence-corrected chi connectivity index (χ2v) is 9.16. The summed E-state index contributed by atoms with van der Waals surface area (Å²) in [5.74, 6) is 1.09. The first kappa shape index (κ1) is 20.1. The molecule has 2 aliphatic heterocycles. The zero-order chi connectivity index (χ0) is 20.1. The lowest BCUT2D eigenvalue weighted by Crippen LogP contribution is -3.15. The largest absolute Gasteiger partial charge is 0.338 e. The second-order valence-electron chi connectivity index (χ2n) is 8.21. The Morgan fingerprint density at radius 3 is 2.31 bits per heavy atom. The molecule has 2 saturated heterocycles. The molecule has 4 rings (SSSR count). The van der Waals surface area contributed by atoms with Gasteiger partial charge in [0.1, 0.15) is 0 Å². The van der Waals surface area contributed by atoms with E-state index in [-0.39, 0.29) is 11.8 Å². The van der Waals surface area contributed by atoms with Gasteiger partial charge in [0.05, 0.1) is 31.1 Å². The fourth-order valence-electron chi connectivity index (χ4n) is 4.42. The highest BCUT2D eigenvalue weighted by atomic mass is 32.1. The number of benzene rings is 1. The van der Waals surface area contributed by atoms with Gasteiger partial charge in [-0.3, -0.25) is 9.59 Å². The van der Waals surface area contributed by atoms with Crippen molar-refractivity contribution in [3.8, 4) is 0 Å². The van der Waals surface area contributed by atoms with Gasteiger partial charge in [0.2, 0.25) is 0 Å². The van der Waals surface area contributed by atoms with Crippen molar-refractivity contribution in [3.05, 3.63) is 58.3 Å². The van der Waals surface area contributed by atoms with Crippen molar-refractivity contribution in [2.45, 2.75) is 19.3 Å². The SMILES string of the molecule is O=C(C[NH+]1CCN(C(=O)c2cccs2)CC1)N1CCC(Cc2ccccc2)CC1. The van der Waals surface area contributed by atoms with Crippen LogP contribution >= 0.6 is 11.3 Å². The summed E-state index contributed by atoms with van der Waals surface area (Å²) in [7, 11) is 0. The second kappa shape index (κ2) is 9.55. The number of amides is 2. The van der Waals surface area contributed by atoms with E-state index in [1.54, 1.807) is 0 Å². The first-order valence-electron chi connectivity index (χ1n) is 10.7. The molecule has 0 radical (unpaired) electrons. The number of carbonyl (C=O) groups is 2. The van der Waals surface area contributed by atoms with Gasteiger partial charge in [-0.2, -0.15) is 0 Å². The van der Waals surface area contributed by atoms with Crippen LogP contribution in [0.25, 0.3) is 0 Å². The number of thiophene rings is 1. The lowest BCUT2D eigenvalue weighted by atomic mass is 9.90. The third-order valence-corrected chi connectivity index (χ3v) is 7.08. The van der Waals surface area contributed by atoms with Crippen molar-refractivity contribution in [1.29, 1.82) is 0 Å². The van der Waals surface area contributed by atoms with E-state index in [0.717, 1.165) is 63.4 Å². The molecule has 0 atom stereocenters. The molecular weight excluding hydrogens is 382 g/mol. The van der Waals surface area contributed by atoms with Gasteiger partial charge in [-0.1, -0.05) is 36.4 Å². The molecule has 2 aromatic rings. The van der Waals surface area contributed by atoms with E-state index < -0.39 is 0 Å². The van der Waals surface area contributed by atoms with E-state index in [9.17, 15) is 9.59 Å². The molecule has 2 fully saturated rings. The Balaban J connectivity index is 1.18. The Hall–Kier alpha value is -2.18. The summed E-state index contributed by atoms with van der Waals surface area (Å²) in [4.78, 5) is 31.3. The van der Waals surface area contributed by atoms with Crippen molar-refractivity contribution in [2.75, 3.05) is 45.8 Å². The molecule has 0 bridgehead atoms. The van der Waals surface area contributed by atoms with Crippen LogP contribution < -0.4 is 4.90 Å². The average molecular weight is 413 g/mol. The Morgan fingerprint density at radius 1 is 0.931 bits per heavy atom. The van der Waals surface area contributed by atoms with Crippen LogP contribution in [-0.2, 0) is 11.2 Å². The zero-order valence-electron chi connectivity index (χ0n) is 16.9. The highest BCUT2D eigenvalue weighted by Gasteiger charge is 2.29. The highest BCUT2D eigenvalue weighted by Crippen LogP contribution is 2.21. The number of piperidine rings is 1. The molecule has 2 amide bonds. The van der Waals surface area contributed by atoms with Crippen LogP contribution in [-0.4, -0.2) is 67.4 Å². The normalized spacial score (nSPS) is 18.8. The number of hydrogen-bond donors (Lipinski definition) is 1. The number of piperazine rings is 1. The maximum Gasteiger partial charge on any atom is 0.277 e. The number of nitrogens with one attached hydrogen (secondary N) is 1. The highest BCUT2D eigenvalue weighted by molar-refractivity contribution is 7.12. The number of hydrogen-bond acceptors (Lipinski definition) is 3. The van der Waals surface area contributed by atoms with Crippen LogP contribution in [0.5, 0.6) is 0 Å². The van der Waals surface area contributed by atoms with Crippen LogP contribution in [0, 0.1) is 5.92 Å². The smallest absolute Gasteiger partial charge is 0.277 e. The maximum atomic E-state index is 12.8. The first-order valence-corrected chi connectivity index (χ1v) is 11.5. The van der Waals surface area contributed by atoms with Crippen molar-refractivity contribution < 1.29 is 14.5 Å². The lowest BCUT2D eigenvalue weighted by molar-refractivity contribution is -0.896. The van der Waals surface area contributed by atoms with Crippen molar-refractivity contribution in [1.82, 2.24) is 9.80 Å². The number of carbonyl (C=O) groups excluding carboxylic acids is 2. The summed E-state index contributed by atoms with van der Waals surface area (Å²) < 4.78 is 0. The Labute approximate surface area is 176 Å². The van der Waals surface area contributed by atoms with Gasteiger partial charge in [0.15, 0.2) is 6.54 Å². The molecule has 5 nitrogen and oxygen atoms in total. The van der Waals surface area contributed by atoms with Gasteiger partial charge < -0.3 is 14.7 Å². The molecule has 0 saturated carbocycles. The molecule has 0 aliphatic carbocycles. The minimum absolute atomic E-state index is 0.130. The van der Waals surface area contributed by atoms with E-state index in [1.807, 2.05) is 22.4 Å². The molecule has 154 valence electrons. The van der Waals surface area contributed by atoms with Crippen molar-refractivity contribution >= 4 is 23.2 Å². The molecule has 2 aliphatic rings. The summed E-state index contributed by atoms with van der Waals surface area (Å²) in [6.07, 6.45) is 3.31. The van der Waals surface area contributed by atoms with Gasteiger partial charge in [-0.15, -0.1) is 11.3 Å². The Kier molecular flexibility index (Phi) is 6.62. The van der Waals surface area contributed by atoms with Crippen LogP contribution in [0.1, 0.15) is 28.1 Å². The molecule has 1 N–H and O–H groups in total. The summed E-state index contributed by atoms with van der Waals surface area (Å²) in [5.41, 5.74) is 1.40. The lowest BCUT2D eigenvalue weighted by Gasteiger charge is -2.35. The Morgan fingerprint density at radius 2 is 1.66 bits per heavy atom. The van der Waals surface area contributed by atoms with E-state index >= 15 is 0 Å². The predicted octanol–water partition coefficient (Wildman–Crippen LogP) is 1.57. The molecule has 3 heterocycles. The number of rotatable bonds is 5. The van der Waals surface area contributed by atoms with Gasteiger partial charge in [0.25, 0.3) is 11.8 Å². The molecule has 6 heteroatoms. The van der Waals surface area contributed by atoms with Gasteiger partial charge in [-0.05, 0) is 42.2 Å². The summed E-state index contributed by atoms with van der Waals surface area (Å²) in [6.45, 7) is 5.50. The standard InChI is InChI=1S/C23H29N3O2S/c27-22(25-10-8-20(9-11-25)17-19-5-2-1-3-6-19)18-24-12-14-26(15-13-24)23(28)21-7-4-16-29-21/h1-7,16,20H,8-15,17-18H2/p+1. The van der Waals surface area contributed by atoms with E-state index in [2.05, 4.69) is 35.2 Å². The number of nitrogens with zero attached hydrogens (tertiary/aromatic N) is 2. The summed E-state index contributed by atoms with van der Waals surface area (Å²) in [6, 6.07) is 14.5. The molecule has 0 unspecified atom stereocenters. The molecule has 1 aromatic carbocycles. The predicted molar refractivity (Wildman–Crippen MR) is 115 cm³/mol. The van der Waals surface area contributed by atoms with E-state index in [1.165, 1.54) is 21.8 Å². The maximum absolute atomic E-state index is 12.8. The zero-order valence-corrected chi connectivity index (χ0v) is 17.7. The van der Waals surface area contributed by atoms with Crippen LogP contribution in [0.4, 0.5) is 0 Å². The third kappa shape index (κ3) is 5.25. The quantitative estimate of drug-likeness (QED) is 0.810. The van der Waals surface area contributed by atoms with Crippen LogP contribution in [0.3, 0.4) is 0 Å². The van der Waals surface area contributed by atoms with E-state index in [0.29, 0.717) is 12.5 Å². The van der Waals surface area contributed by atoms with E-state index in [4.69, 9.17) is 0 Å². The molecule has 29 heavy (non-hydrogen) atoms. The molecular formula is C23H30N3O2S+. The van der Waals surface area contributed by atoms with Gasteiger partial charge >= 0.3 is 0 Å². The minimum atomic E-state index is 0.130. The molecule has 1 aromatic heterocycles. The van der Waals surface area contributed by atoms with Crippen LogP contribution in [0.2, 0.25) is 0 Å².